The molecule has 0 saturated carbocycles. The molecule has 0 radical (unpaired) electrons. The monoisotopic (exact) mass is 638 g/mol. The number of carbonyl (C=O) groups is 1. The summed E-state index contributed by atoms with van der Waals surface area (Å²) in [5, 5.41) is 31.9. The van der Waals surface area contributed by atoms with E-state index in [1.54, 1.807) is 48.5 Å². The highest BCUT2D eigenvalue weighted by Crippen LogP contribution is 2.44. The van der Waals surface area contributed by atoms with E-state index in [-0.39, 0.29) is 18.9 Å². The van der Waals surface area contributed by atoms with Crippen LogP contribution in [0.15, 0.2) is 87.4 Å². The maximum atomic E-state index is 14.1. The Balaban J connectivity index is 1.81. The molecule has 4 rings (SSSR count). The Morgan fingerprint density at radius 2 is 1.81 bits per heavy atom. The number of hydrazine groups is 1. The van der Waals surface area contributed by atoms with Gasteiger partial charge in [0.25, 0.3) is 5.91 Å². The maximum absolute atomic E-state index is 14.1. The molecule has 5 N–H and O–H groups in total. The maximum Gasteiger partial charge on any atom is 0.266 e. The summed E-state index contributed by atoms with van der Waals surface area (Å²) < 4.78 is 12.9. The molecule has 13 heteroatoms. The first-order valence-electron chi connectivity index (χ1n) is 13.2. The number of aliphatic hydroxyl groups excluding tert-OH is 3. The van der Waals surface area contributed by atoms with E-state index in [9.17, 15) is 15.0 Å². The number of hydrogen-bond acceptors (Lipinski definition) is 9. The summed E-state index contributed by atoms with van der Waals surface area (Å²) in [6, 6.07) is 20.4. The summed E-state index contributed by atoms with van der Waals surface area (Å²) in [5.74, 6) is 0.227. The van der Waals surface area contributed by atoms with E-state index in [1.807, 2.05) is 24.3 Å². The van der Waals surface area contributed by atoms with Crippen LogP contribution in [0, 0.1) is 0 Å². The second-order valence-corrected chi connectivity index (χ2v) is 10.4. The number of nitrogens with one attached hydrogen (secondary N) is 2. The minimum absolute atomic E-state index is 0.00872. The summed E-state index contributed by atoms with van der Waals surface area (Å²) in [7, 11) is 0. The van der Waals surface area contributed by atoms with Crippen LogP contribution in [0.2, 0.25) is 0 Å². The Bertz CT molecular complexity index is 1430. The number of azide groups is 1. The molecule has 1 amide bonds. The van der Waals surface area contributed by atoms with E-state index in [2.05, 4.69) is 36.8 Å². The third kappa shape index (κ3) is 7.26. The smallest absolute Gasteiger partial charge is 0.266 e. The number of nitrogens with zero attached hydrogens (tertiary/aromatic N) is 4. The van der Waals surface area contributed by atoms with Gasteiger partial charge in [0, 0.05) is 40.1 Å². The molecule has 1 aliphatic heterocycles. The fourth-order valence-corrected chi connectivity index (χ4v) is 4.71. The number of aliphatic hydroxyl groups is 3. The third-order valence-corrected chi connectivity index (χ3v) is 7.17. The van der Waals surface area contributed by atoms with Gasteiger partial charge in [0.15, 0.2) is 11.6 Å². The lowest BCUT2D eigenvalue weighted by Gasteiger charge is -2.31. The number of ether oxygens (including phenoxy) is 2. The molecule has 2 atom stereocenters. The van der Waals surface area contributed by atoms with E-state index in [1.165, 1.54) is 0 Å². The van der Waals surface area contributed by atoms with Crippen molar-refractivity contribution in [2.24, 2.45) is 10.1 Å². The molecule has 1 aliphatic rings. The highest BCUT2D eigenvalue weighted by atomic mass is 79.9. The van der Waals surface area contributed by atoms with E-state index in [0.29, 0.717) is 41.2 Å². The van der Waals surface area contributed by atoms with Crippen molar-refractivity contribution < 1.29 is 29.6 Å². The average Bonchev–Trinajstić information content (AvgIpc) is 3.40. The number of carbonyl (C=O) groups excluding carboxylic acids is 1. The van der Waals surface area contributed by atoms with Crippen LogP contribution >= 0.6 is 15.9 Å². The standard InChI is InChI=1S/C29H31BrN6O6/c30-22-10-6-19(7-11-22)26-29(28(40)35-33-23(17-38)18-39,16-21-4-1-2-5-25(21)34-36-31)32-27(42-26)20-8-12-24(13-9-20)41-15-3-14-37/h1-2,4-13,23,26,33,37-39H,3,14-18H2,(H,35,40)/t26-,29-/m0/s1. The summed E-state index contributed by atoms with van der Waals surface area (Å²) >= 11 is 3.45. The molecule has 3 aromatic carbocycles. The molecule has 1 heterocycles. The highest BCUT2D eigenvalue weighted by Gasteiger charge is 2.53. The summed E-state index contributed by atoms with van der Waals surface area (Å²) in [4.78, 5) is 22.0. The molecule has 42 heavy (non-hydrogen) atoms. The van der Waals surface area contributed by atoms with Gasteiger partial charge in [-0.2, -0.15) is 0 Å². The molecule has 0 aromatic heterocycles. The molecular formula is C29H31BrN6O6. The Morgan fingerprint density at radius 3 is 2.48 bits per heavy atom. The fraction of sp³-hybridized carbons (Fsp3) is 0.310. The first-order chi connectivity index (χ1) is 20.4. The quantitative estimate of drug-likeness (QED) is 0.0587. The van der Waals surface area contributed by atoms with Crippen molar-refractivity contribution in [2.45, 2.75) is 30.5 Å². The molecule has 3 aromatic rings. The zero-order valence-electron chi connectivity index (χ0n) is 22.6. The zero-order valence-corrected chi connectivity index (χ0v) is 24.1. The van der Waals surface area contributed by atoms with E-state index < -0.39 is 36.8 Å². The molecular weight excluding hydrogens is 608 g/mol. The number of aliphatic imine (C=N–C) groups is 1. The van der Waals surface area contributed by atoms with Crippen molar-refractivity contribution in [1.82, 2.24) is 10.9 Å². The van der Waals surface area contributed by atoms with Crippen molar-refractivity contribution >= 4 is 33.4 Å². The first-order valence-corrected chi connectivity index (χ1v) is 14.0. The minimum atomic E-state index is -1.61. The van der Waals surface area contributed by atoms with Crippen molar-refractivity contribution in [1.29, 1.82) is 0 Å². The SMILES string of the molecule is [N-]=[N+]=Nc1ccccc1C[C@]1(C(=O)NNC(CO)CO)N=C(c2ccc(OCCCO)cc2)O[C@H]1c1ccc(Br)cc1. The number of halogens is 1. The largest absolute Gasteiger partial charge is 0.494 e. The van der Waals surface area contributed by atoms with Crippen LogP contribution in [-0.4, -0.2) is 65.1 Å². The van der Waals surface area contributed by atoms with Gasteiger partial charge >= 0.3 is 0 Å². The van der Waals surface area contributed by atoms with Gasteiger partial charge in [0.1, 0.15) is 5.75 Å². The van der Waals surface area contributed by atoms with Crippen LogP contribution in [0.3, 0.4) is 0 Å². The van der Waals surface area contributed by atoms with E-state index in [4.69, 9.17) is 25.1 Å². The molecule has 12 nitrogen and oxygen atoms in total. The van der Waals surface area contributed by atoms with E-state index in [0.717, 1.165) is 4.47 Å². The minimum Gasteiger partial charge on any atom is -0.494 e. The van der Waals surface area contributed by atoms with Gasteiger partial charge in [0.05, 0.1) is 25.9 Å². The van der Waals surface area contributed by atoms with Gasteiger partial charge < -0.3 is 24.8 Å². The number of amides is 1. The highest BCUT2D eigenvalue weighted by molar-refractivity contribution is 9.10. The molecule has 0 bridgehead atoms. The molecule has 0 spiro atoms. The number of benzene rings is 3. The van der Waals surface area contributed by atoms with Crippen molar-refractivity contribution in [2.75, 3.05) is 26.4 Å². The van der Waals surface area contributed by atoms with Gasteiger partial charge in [-0.05, 0) is 53.1 Å². The fourth-order valence-electron chi connectivity index (χ4n) is 4.44. The van der Waals surface area contributed by atoms with Crippen LogP contribution < -0.4 is 15.6 Å². The van der Waals surface area contributed by atoms with Gasteiger partial charge in [-0.3, -0.25) is 10.2 Å². The normalized spacial score (nSPS) is 17.7. The van der Waals surface area contributed by atoms with Crippen molar-refractivity contribution in [3.8, 4) is 5.75 Å². The van der Waals surface area contributed by atoms with Crippen LogP contribution in [0.5, 0.6) is 5.75 Å². The Kier molecular flexibility index (Phi) is 10.9. The van der Waals surface area contributed by atoms with E-state index >= 15 is 0 Å². The second-order valence-electron chi connectivity index (χ2n) is 9.50. The summed E-state index contributed by atoms with van der Waals surface area (Å²) in [6.07, 6.45) is -0.419. The topological polar surface area (TPSA) is 181 Å². The van der Waals surface area contributed by atoms with Gasteiger partial charge in [-0.25, -0.2) is 10.4 Å². The molecule has 0 unspecified atom stereocenters. The number of hydrogen-bond donors (Lipinski definition) is 5. The zero-order chi connectivity index (χ0) is 30.0. The number of rotatable bonds is 14. The Hall–Kier alpha value is -3.97. The van der Waals surface area contributed by atoms with Crippen LogP contribution in [0.4, 0.5) is 5.69 Å². The molecule has 0 aliphatic carbocycles. The second kappa shape index (κ2) is 14.8. The summed E-state index contributed by atoms with van der Waals surface area (Å²) in [5.41, 5.74) is 15.0. The summed E-state index contributed by atoms with van der Waals surface area (Å²) in [6.45, 7) is -0.448. The van der Waals surface area contributed by atoms with Gasteiger partial charge in [-0.1, -0.05) is 57.4 Å². The van der Waals surface area contributed by atoms with Crippen LogP contribution in [-0.2, 0) is 16.0 Å². The average molecular weight is 640 g/mol. The third-order valence-electron chi connectivity index (χ3n) is 6.64. The molecule has 220 valence electrons. The first kappa shape index (κ1) is 31.0. The Morgan fingerprint density at radius 1 is 1.10 bits per heavy atom. The lowest BCUT2D eigenvalue weighted by Crippen LogP contribution is -2.57. The van der Waals surface area contributed by atoms with Gasteiger partial charge in [-0.15, -0.1) is 0 Å². The van der Waals surface area contributed by atoms with Gasteiger partial charge in [0.2, 0.25) is 5.90 Å². The Labute approximate surface area is 250 Å². The van der Waals surface area contributed by atoms with Crippen LogP contribution in [0.25, 0.3) is 10.4 Å². The van der Waals surface area contributed by atoms with Crippen LogP contribution in [0.1, 0.15) is 29.2 Å². The molecule has 0 fully saturated rings. The van der Waals surface area contributed by atoms with Crippen molar-refractivity contribution in [3.05, 3.63) is 104 Å². The predicted molar refractivity (Wildman–Crippen MR) is 159 cm³/mol. The lowest BCUT2D eigenvalue weighted by atomic mass is 9.81. The lowest BCUT2D eigenvalue weighted by molar-refractivity contribution is -0.130. The predicted octanol–water partition coefficient (Wildman–Crippen LogP) is 3.63. The molecule has 0 saturated heterocycles. The van der Waals surface area contributed by atoms with Crippen molar-refractivity contribution in [3.63, 3.8) is 0 Å².